The van der Waals surface area contributed by atoms with E-state index < -0.39 is 0 Å². The summed E-state index contributed by atoms with van der Waals surface area (Å²) in [7, 11) is 0. The lowest BCUT2D eigenvalue weighted by molar-refractivity contribution is -0.121. The van der Waals surface area contributed by atoms with E-state index in [1.165, 1.54) is 23.9 Å². The van der Waals surface area contributed by atoms with Gasteiger partial charge < -0.3 is 11.1 Å². The number of nitrogens with two attached hydrogens (primary N) is 1. The number of anilines is 1. The van der Waals surface area contributed by atoms with Crippen LogP contribution in [0.1, 0.15) is 12.8 Å². The van der Waals surface area contributed by atoms with Crippen molar-refractivity contribution in [3.8, 4) is 0 Å². The van der Waals surface area contributed by atoms with Crippen LogP contribution in [0.3, 0.4) is 0 Å². The van der Waals surface area contributed by atoms with Crippen LogP contribution in [0.5, 0.6) is 0 Å². The molecule has 0 aliphatic heterocycles. The molecule has 2 rings (SSSR count). The van der Waals surface area contributed by atoms with Crippen molar-refractivity contribution in [3.63, 3.8) is 0 Å². The zero-order valence-corrected chi connectivity index (χ0v) is 7.81. The van der Waals surface area contributed by atoms with E-state index in [1.54, 1.807) is 0 Å². The predicted molar refractivity (Wildman–Crippen MR) is 50.2 cm³/mol. The molecule has 3 N–H and O–H groups in total. The van der Waals surface area contributed by atoms with E-state index in [9.17, 15) is 4.79 Å². The quantitative estimate of drug-likeness (QED) is 0.670. The van der Waals surface area contributed by atoms with E-state index in [4.69, 9.17) is 5.73 Å². The second-order valence-corrected chi connectivity index (χ2v) is 3.55. The summed E-state index contributed by atoms with van der Waals surface area (Å²) < 4.78 is 1.43. The van der Waals surface area contributed by atoms with Crippen LogP contribution < -0.4 is 11.1 Å². The molecule has 0 atom stereocenters. The van der Waals surface area contributed by atoms with Crippen molar-refractivity contribution in [1.82, 2.24) is 20.1 Å². The summed E-state index contributed by atoms with van der Waals surface area (Å²) in [6.07, 6.45) is 3.92. The Kier molecular flexibility index (Phi) is 2.34. The molecule has 1 amide bonds. The highest BCUT2D eigenvalue weighted by atomic mass is 16.2. The minimum atomic E-state index is -0.0400. The number of rotatable bonds is 4. The lowest BCUT2D eigenvalue weighted by Gasteiger charge is -2.02. The second-order valence-electron chi connectivity index (χ2n) is 3.55. The molecule has 1 aliphatic carbocycles. The Balaban J connectivity index is 1.75. The maximum absolute atomic E-state index is 11.3. The smallest absolute Gasteiger partial charge is 0.241 e. The predicted octanol–water partition coefficient (Wildman–Crippen LogP) is -0.614. The molecule has 76 valence electrons. The van der Waals surface area contributed by atoms with Gasteiger partial charge in [0.2, 0.25) is 11.9 Å². The Morgan fingerprint density at radius 2 is 2.50 bits per heavy atom. The monoisotopic (exact) mass is 195 g/mol. The number of hydrogen-bond acceptors (Lipinski definition) is 4. The van der Waals surface area contributed by atoms with E-state index in [0.717, 1.165) is 6.54 Å². The van der Waals surface area contributed by atoms with Crippen molar-refractivity contribution >= 4 is 11.9 Å². The number of hydrogen-bond donors (Lipinski definition) is 2. The van der Waals surface area contributed by atoms with Crippen molar-refractivity contribution in [1.29, 1.82) is 0 Å². The number of amides is 1. The van der Waals surface area contributed by atoms with Crippen LogP contribution in [0.25, 0.3) is 0 Å². The van der Waals surface area contributed by atoms with Crippen molar-refractivity contribution in [3.05, 3.63) is 6.33 Å². The average Bonchev–Trinajstić information content (AvgIpc) is 2.88. The fourth-order valence-electron chi connectivity index (χ4n) is 1.17. The van der Waals surface area contributed by atoms with Gasteiger partial charge in [-0.3, -0.25) is 4.79 Å². The molecule has 14 heavy (non-hydrogen) atoms. The van der Waals surface area contributed by atoms with Gasteiger partial charge in [0.05, 0.1) is 0 Å². The van der Waals surface area contributed by atoms with E-state index in [2.05, 4.69) is 15.4 Å². The molecule has 6 nitrogen and oxygen atoms in total. The van der Waals surface area contributed by atoms with E-state index in [-0.39, 0.29) is 18.4 Å². The molecule has 0 bridgehead atoms. The standard InChI is InChI=1S/C8H13N5O/c9-8-11-5-13(12-8)4-7(14)10-3-6-1-2-6/h5-6H,1-4H2,(H2,9,12)(H,10,14). The van der Waals surface area contributed by atoms with Gasteiger partial charge in [0.1, 0.15) is 12.9 Å². The van der Waals surface area contributed by atoms with Crippen LogP contribution >= 0.6 is 0 Å². The topological polar surface area (TPSA) is 85.8 Å². The summed E-state index contributed by atoms with van der Waals surface area (Å²) in [5, 5.41) is 6.65. The fraction of sp³-hybridized carbons (Fsp3) is 0.625. The first-order valence-corrected chi connectivity index (χ1v) is 4.65. The Hall–Kier alpha value is -1.59. The molecule has 1 aliphatic rings. The maximum Gasteiger partial charge on any atom is 0.241 e. The molecule has 0 aromatic carbocycles. The van der Waals surface area contributed by atoms with Crippen LogP contribution in [0.2, 0.25) is 0 Å². The maximum atomic E-state index is 11.3. The first-order valence-electron chi connectivity index (χ1n) is 4.65. The number of aromatic nitrogens is 3. The molecular weight excluding hydrogens is 182 g/mol. The molecule has 0 saturated heterocycles. The Labute approximate surface area is 81.5 Å². The van der Waals surface area contributed by atoms with E-state index >= 15 is 0 Å². The van der Waals surface area contributed by atoms with Crippen LogP contribution in [0.4, 0.5) is 5.95 Å². The van der Waals surface area contributed by atoms with Crippen LogP contribution in [-0.2, 0) is 11.3 Å². The normalized spacial score (nSPS) is 15.4. The average molecular weight is 195 g/mol. The minimum absolute atomic E-state index is 0.0400. The highest BCUT2D eigenvalue weighted by Crippen LogP contribution is 2.27. The first-order chi connectivity index (χ1) is 6.74. The molecule has 0 radical (unpaired) electrons. The van der Waals surface area contributed by atoms with Crippen molar-refractivity contribution in [2.75, 3.05) is 12.3 Å². The van der Waals surface area contributed by atoms with Crippen molar-refractivity contribution in [2.24, 2.45) is 5.92 Å². The van der Waals surface area contributed by atoms with Gasteiger partial charge in [-0.2, -0.15) is 0 Å². The number of nitrogens with zero attached hydrogens (tertiary/aromatic N) is 3. The van der Waals surface area contributed by atoms with Crippen LogP contribution in [0, 0.1) is 5.92 Å². The number of carbonyl (C=O) groups is 1. The lowest BCUT2D eigenvalue weighted by atomic mass is 10.4. The molecule has 1 saturated carbocycles. The summed E-state index contributed by atoms with van der Waals surface area (Å²) in [5.41, 5.74) is 5.31. The minimum Gasteiger partial charge on any atom is -0.367 e. The van der Waals surface area contributed by atoms with Gasteiger partial charge in [-0.1, -0.05) is 0 Å². The van der Waals surface area contributed by atoms with Gasteiger partial charge in [0.15, 0.2) is 0 Å². The van der Waals surface area contributed by atoms with Crippen LogP contribution in [-0.4, -0.2) is 27.2 Å². The summed E-state index contributed by atoms with van der Waals surface area (Å²) >= 11 is 0. The molecule has 0 spiro atoms. The van der Waals surface area contributed by atoms with Gasteiger partial charge in [0, 0.05) is 6.54 Å². The molecule has 1 aromatic rings. The van der Waals surface area contributed by atoms with E-state index in [1.807, 2.05) is 0 Å². The number of nitrogen functional groups attached to an aromatic ring is 1. The van der Waals surface area contributed by atoms with Crippen molar-refractivity contribution < 1.29 is 4.79 Å². The van der Waals surface area contributed by atoms with Crippen LogP contribution in [0.15, 0.2) is 6.33 Å². The number of nitrogens with one attached hydrogen (secondary N) is 1. The Morgan fingerprint density at radius 3 is 3.07 bits per heavy atom. The zero-order valence-electron chi connectivity index (χ0n) is 7.81. The Bertz CT molecular complexity index is 330. The third-order valence-electron chi connectivity index (χ3n) is 2.14. The molecule has 0 unspecified atom stereocenters. The SMILES string of the molecule is Nc1ncn(CC(=O)NCC2CC2)n1. The summed E-state index contributed by atoms with van der Waals surface area (Å²) in [5.74, 6) is 0.849. The van der Waals surface area contributed by atoms with Gasteiger partial charge >= 0.3 is 0 Å². The highest BCUT2D eigenvalue weighted by molar-refractivity contribution is 5.75. The lowest BCUT2D eigenvalue weighted by Crippen LogP contribution is -2.29. The van der Waals surface area contributed by atoms with E-state index in [0.29, 0.717) is 5.92 Å². The largest absolute Gasteiger partial charge is 0.367 e. The third-order valence-corrected chi connectivity index (χ3v) is 2.14. The van der Waals surface area contributed by atoms with Gasteiger partial charge in [-0.05, 0) is 18.8 Å². The molecule has 1 fully saturated rings. The summed E-state index contributed by atoms with van der Waals surface area (Å²) in [4.78, 5) is 15.0. The third kappa shape index (κ3) is 2.45. The molecular formula is C8H13N5O. The zero-order chi connectivity index (χ0) is 9.97. The van der Waals surface area contributed by atoms with Gasteiger partial charge in [-0.15, -0.1) is 5.10 Å². The number of carbonyl (C=O) groups excluding carboxylic acids is 1. The second kappa shape index (κ2) is 3.65. The fourth-order valence-corrected chi connectivity index (χ4v) is 1.17. The molecule has 6 heteroatoms. The first kappa shape index (κ1) is 8.98. The van der Waals surface area contributed by atoms with Gasteiger partial charge in [-0.25, -0.2) is 9.67 Å². The van der Waals surface area contributed by atoms with Crippen molar-refractivity contribution in [2.45, 2.75) is 19.4 Å². The summed E-state index contributed by atoms with van der Waals surface area (Å²) in [6, 6.07) is 0. The highest BCUT2D eigenvalue weighted by Gasteiger charge is 2.21. The van der Waals surface area contributed by atoms with Gasteiger partial charge in [0.25, 0.3) is 0 Å². The summed E-state index contributed by atoms with van der Waals surface area (Å²) in [6.45, 7) is 0.972. The Morgan fingerprint density at radius 1 is 1.71 bits per heavy atom. The molecule has 1 heterocycles. The molecule has 1 aromatic heterocycles.